The van der Waals surface area contributed by atoms with Crippen LogP contribution in [0.15, 0.2) is 36.5 Å². The number of carbonyl (C=O) groups excluding carboxylic acids is 1. The fraction of sp³-hybridized carbons (Fsp3) is 0.333. The van der Waals surface area contributed by atoms with Crippen LogP contribution in [0.4, 0.5) is 5.69 Å². The van der Waals surface area contributed by atoms with Crippen LogP contribution < -0.4 is 5.73 Å². The highest BCUT2D eigenvalue weighted by atomic mass is 16.5. The standard InChI is InChI=1S/C18H20N2O2/c1-2-22-18(21)13-5-3-12(4-6-13)14-7-8-17-15(11-14)16(19)9-10-20-17/h3,7-11,13H,2,4-6H2,1H3,(H2,19,20). The van der Waals surface area contributed by atoms with Crippen LogP contribution in [0.3, 0.4) is 0 Å². The number of nitrogens with zero attached hydrogens (tertiary/aromatic N) is 1. The molecule has 1 aliphatic rings. The minimum absolute atomic E-state index is 0.00380. The molecule has 22 heavy (non-hydrogen) atoms. The Bertz CT molecular complexity index is 737. The van der Waals surface area contributed by atoms with Crippen LogP contribution in [0.1, 0.15) is 31.7 Å². The predicted octanol–water partition coefficient (Wildman–Crippen LogP) is 3.56. The maximum Gasteiger partial charge on any atom is 0.309 e. The van der Waals surface area contributed by atoms with Crippen LogP contribution in [-0.4, -0.2) is 17.6 Å². The summed E-state index contributed by atoms with van der Waals surface area (Å²) < 4.78 is 5.10. The molecule has 0 saturated carbocycles. The van der Waals surface area contributed by atoms with E-state index >= 15 is 0 Å². The molecule has 4 heteroatoms. The summed E-state index contributed by atoms with van der Waals surface area (Å²) in [7, 11) is 0. The molecular formula is C18H20N2O2. The van der Waals surface area contributed by atoms with Crippen molar-refractivity contribution >= 4 is 28.1 Å². The average Bonchev–Trinajstić information content (AvgIpc) is 2.55. The van der Waals surface area contributed by atoms with E-state index in [1.807, 2.05) is 19.1 Å². The van der Waals surface area contributed by atoms with Gasteiger partial charge < -0.3 is 10.5 Å². The molecule has 0 spiro atoms. The van der Waals surface area contributed by atoms with Crippen molar-refractivity contribution < 1.29 is 9.53 Å². The van der Waals surface area contributed by atoms with Gasteiger partial charge in [0.25, 0.3) is 0 Å². The molecule has 0 saturated heterocycles. The molecule has 0 aliphatic heterocycles. The lowest BCUT2D eigenvalue weighted by Crippen LogP contribution is -2.19. The van der Waals surface area contributed by atoms with E-state index in [2.05, 4.69) is 23.2 Å². The van der Waals surface area contributed by atoms with Gasteiger partial charge in [-0.1, -0.05) is 12.1 Å². The molecule has 1 aromatic heterocycles. The van der Waals surface area contributed by atoms with E-state index in [9.17, 15) is 4.79 Å². The van der Waals surface area contributed by atoms with Gasteiger partial charge >= 0.3 is 5.97 Å². The summed E-state index contributed by atoms with van der Waals surface area (Å²) in [5.74, 6) is -0.0827. The summed E-state index contributed by atoms with van der Waals surface area (Å²) >= 11 is 0. The second kappa shape index (κ2) is 6.18. The minimum Gasteiger partial charge on any atom is -0.466 e. The Hall–Kier alpha value is -2.36. The van der Waals surface area contributed by atoms with Gasteiger partial charge in [-0.25, -0.2) is 0 Å². The number of hydrogen-bond acceptors (Lipinski definition) is 4. The molecule has 0 fully saturated rings. The van der Waals surface area contributed by atoms with Crippen molar-refractivity contribution in [2.75, 3.05) is 12.3 Å². The van der Waals surface area contributed by atoms with Crippen molar-refractivity contribution in [3.63, 3.8) is 0 Å². The molecule has 2 aromatic rings. The summed E-state index contributed by atoms with van der Waals surface area (Å²) in [4.78, 5) is 16.1. The van der Waals surface area contributed by atoms with Crippen LogP contribution in [0.5, 0.6) is 0 Å². The first-order chi connectivity index (χ1) is 10.7. The fourth-order valence-corrected chi connectivity index (χ4v) is 2.94. The van der Waals surface area contributed by atoms with E-state index in [0.717, 1.165) is 41.4 Å². The number of aromatic nitrogens is 1. The maximum atomic E-state index is 11.8. The molecule has 3 rings (SSSR count). The Morgan fingerprint density at radius 2 is 2.27 bits per heavy atom. The van der Waals surface area contributed by atoms with Crippen molar-refractivity contribution in [2.45, 2.75) is 26.2 Å². The summed E-state index contributed by atoms with van der Waals surface area (Å²) in [5.41, 5.74) is 10.1. The summed E-state index contributed by atoms with van der Waals surface area (Å²) in [6.45, 7) is 2.29. The number of hydrogen-bond donors (Lipinski definition) is 1. The van der Waals surface area contributed by atoms with Gasteiger partial charge in [-0.15, -0.1) is 0 Å². The molecule has 1 aromatic carbocycles. The van der Waals surface area contributed by atoms with Gasteiger partial charge in [0.2, 0.25) is 0 Å². The van der Waals surface area contributed by atoms with Gasteiger partial charge in [0.05, 0.1) is 18.0 Å². The maximum absolute atomic E-state index is 11.8. The number of anilines is 1. The number of nitrogens with two attached hydrogens (primary N) is 1. The highest BCUT2D eigenvalue weighted by molar-refractivity contribution is 5.92. The minimum atomic E-state index is -0.0789. The zero-order chi connectivity index (χ0) is 15.5. The van der Waals surface area contributed by atoms with Crippen LogP contribution in [0.2, 0.25) is 0 Å². The van der Waals surface area contributed by atoms with Crippen molar-refractivity contribution in [2.24, 2.45) is 5.92 Å². The third-order valence-electron chi connectivity index (χ3n) is 4.18. The Labute approximate surface area is 130 Å². The van der Waals surface area contributed by atoms with E-state index in [1.165, 1.54) is 5.57 Å². The predicted molar refractivity (Wildman–Crippen MR) is 88.1 cm³/mol. The quantitative estimate of drug-likeness (QED) is 0.879. The number of allylic oxidation sites excluding steroid dienone is 2. The van der Waals surface area contributed by atoms with Crippen LogP contribution >= 0.6 is 0 Å². The smallest absolute Gasteiger partial charge is 0.309 e. The van der Waals surface area contributed by atoms with Gasteiger partial charge in [-0.3, -0.25) is 9.78 Å². The average molecular weight is 296 g/mol. The van der Waals surface area contributed by atoms with Crippen molar-refractivity contribution in [1.82, 2.24) is 4.98 Å². The highest BCUT2D eigenvalue weighted by Gasteiger charge is 2.23. The number of nitrogen functional groups attached to an aromatic ring is 1. The summed E-state index contributed by atoms with van der Waals surface area (Å²) in [6.07, 6.45) is 6.34. The number of pyridine rings is 1. The lowest BCUT2D eigenvalue weighted by atomic mass is 9.86. The largest absolute Gasteiger partial charge is 0.466 e. The topological polar surface area (TPSA) is 65.2 Å². The number of benzene rings is 1. The third kappa shape index (κ3) is 2.82. The molecule has 1 aliphatic carbocycles. The Kier molecular flexibility index (Phi) is 4.09. The second-order valence-electron chi connectivity index (χ2n) is 5.58. The van der Waals surface area contributed by atoms with E-state index < -0.39 is 0 Å². The van der Waals surface area contributed by atoms with Crippen molar-refractivity contribution in [3.05, 3.63) is 42.1 Å². The number of rotatable bonds is 3. The lowest BCUT2D eigenvalue weighted by Gasteiger charge is -2.21. The monoisotopic (exact) mass is 296 g/mol. The van der Waals surface area contributed by atoms with Gasteiger partial charge in [-0.2, -0.15) is 0 Å². The molecule has 1 heterocycles. The summed E-state index contributed by atoms with van der Waals surface area (Å²) in [6, 6.07) is 7.98. The van der Waals surface area contributed by atoms with E-state index in [4.69, 9.17) is 10.5 Å². The Balaban J connectivity index is 1.83. The van der Waals surface area contributed by atoms with E-state index in [1.54, 1.807) is 6.20 Å². The Morgan fingerprint density at radius 1 is 1.41 bits per heavy atom. The zero-order valence-corrected chi connectivity index (χ0v) is 12.7. The molecule has 4 nitrogen and oxygen atoms in total. The lowest BCUT2D eigenvalue weighted by molar-refractivity contribution is -0.148. The number of esters is 1. The molecule has 2 N–H and O–H groups in total. The zero-order valence-electron chi connectivity index (χ0n) is 12.7. The number of fused-ring (bicyclic) bond motifs is 1. The first kappa shape index (κ1) is 14.6. The molecule has 1 unspecified atom stereocenters. The van der Waals surface area contributed by atoms with Crippen molar-refractivity contribution in [3.8, 4) is 0 Å². The molecule has 1 atom stereocenters. The van der Waals surface area contributed by atoms with Gasteiger partial charge in [0.15, 0.2) is 0 Å². The fourth-order valence-electron chi connectivity index (χ4n) is 2.94. The number of ether oxygens (including phenoxy) is 1. The normalized spacial score (nSPS) is 18.0. The second-order valence-corrected chi connectivity index (χ2v) is 5.58. The van der Waals surface area contributed by atoms with E-state index in [-0.39, 0.29) is 11.9 Å². The van der Waals surface area contributed by atoms with Gasteiger partial charge in [-0.05, 0) is 55.5 Å². The molecule has 114 valence electrons. The van der Waals surface area contributed by atoms with E-state index in [0.29, 0.717) is 6.61 Å². The Morgan fingerprint density at radius 3 is 3.00 bits per heavy atom. The van der Waals surface area contributed by atoms with Gasteiger partial charge in [0.1, 0.15) is 0 Å². The SMILES string of the molecule is CCOC(=O)C1CC=C(c2ccc3nccc(N)c3c2)CC1. The first-order valence-corrected chi connectivity index (χ1v) is 7.69. The van der Waals surface area contributed by atoms with Crippen LogP contribution in [0.25, 0.3) is 16.5 Å². The van der Waals surface area contributed by atoms with Crippen molar-refractivity contribution in [1.29, 1.82) is 0 Å². The third-order valence-corrected chi connectivity index (χ3v) is 4.18. The summed E-state index contributed by atoms with van der Waals surface area (Å²) in [5, 5.41) is 0.980. The molecular weight excluding hydrogens is 276 g/mol. The van der Waals surface area contributed by atoms with Crippen LogP contribution in [-0.2, 0) is 9.53 Å². The van der Waals surface area contributed by atoms with Crippen LogP contribution in [0, 0.1) is 5.92 Å². The molecule has 0 amide bonds. The number of carbonyl (C=O) groups is 1. The molecule has 0 bridgehead atoms. The first-order valence-electron chi connectivity index (χ1n) is 7.69. The highest BCUT2D eigenvalue weighted by Crippen LogP contribution is 2.32. The van der Waals surface area contributed by atoms with Gasteiger partial charge in [0, 0.05) is 17.3 Å². The molecule has 0 radical (unpaired) electrons.